The van der Waals surface area contributed by atoms with Crippen molar-refractivity contribution in [1.82, 2.24) is 15.5 Å². The first-order valence-electron chi connectivity index (χ1n) is 10.3. The van der Waals surface area contributed by atoms with Crippen molar-refractivity contribution in [2.24, 2.45) is 10.9 Å². The number of nitrogens with one attached hydrogen (secondary N) is 2. The van der Waals surface area contributed by atoms with E-state index in [1.165, 1.54) is 6.42 Å². The Morgan fingerprint density at radius 1 is 1.26 bits per heavy atom. The highest BCUT2D eigenvalue weighted by molar-refractivity contribution is 14.0. The number of hydrogen-bond donors (Lipinski definition) is 2. The molecular formula is C19H39IN4O3. The Morgan fingerprint density at radius 2 is 2.07 bits per heavy atom. The molecule has 7 nitrogen and oxygen atoms in total. The largest absolute Gasteiger partial charge is 0.379 e. The Balaban J connectivity index is 0.00000364. The van der Waals surface area contributed by atoms with Crippen molar-refractivity contribution in [3.63, 3.8) is 0 Å². The minimum absolute atomic E-state index is 0. The van der Waals surface area contributed by atoms with E-state index in [-0.39, 0.29) is 24.0 Å². The van der Waals surface area contributed by atoms with Crippen molar-refractivity contribution >= 4 is 29.9 Å². The molecule has 27 heavy (non-hydrogen) atoms. The third kappa shape index (κ3) is 11.4. The summed E-state index contributed by atoms with van der Waals surface area (Å²) in [6.07, 6.45) is 3.59. The van der Waals surface area contributed by atoms with Gasteiger partial charge in [0.2, 0.25) is 0 Å². The fraction of sp³-hybridized carbons (Fsp3) is 0.947. The molecule has 0 aromatic heterocycles. The van der Waals surface area contributed by atoms with Gasteiger partial charge in [-0.25, -0.2) is 0 Å². The third-order valence-corrected chi connectivity index (χ3v) is 4.66. The third-order valence-electron chi connectivity index (χ3n) is 4.66. The van der Waals surface area contributed by atoms with Crippen molar-refractivity contribution in [2.45, 2.75) is 39.2 Å². The number of ether oxygens (including phenoxy) is 3. The maximum atomic E-state index is 5.70. The zero-order valence-corrected chi connectivity index (χ0v) is 19.4. The molecule has 0 bridgehead atoms. The summed E-state index contributed by atoms with van der Waals surface area (Å²) in [5.74, 6) is 1.44. The van der Waals surface area contributed by atoms with Gasteiger partial charge >= 0.3 is 0 Å². The monoisotopic (exact) mass is 498 g/mol. The summed E-state index contributed by atoms with van der Waals surface area (Å²) in [6, 6.07) is 0. The first-order chi connectivity index (χ1) is 12.8. The molecule has 2 rings (SSSR count). The normalized spacial score (nSPS) is 22.3. The average Bonchev–Trinajstić information content (AvgIpc) is 3.16. The highest BCUT2D eigenvalue weighted by atomic mass is 127. The van der Waals surface area contributed by atoms with E-state index in [0.717, 1.165) is 91.1 Å². The molecule has 2 atom stereocenters. The maximum absolute atomic E-state index is 5.70. The van der Waals surface area contributed by atoms with Crippen LogP contribution in [0.4, 0.5) is 0 Å². The number of morpholine rings is 1. The highest BCUT2D eigenvalue weighted by Crippen LogP contribution is 2.11. The van der Waals surface area contributed by atoms with E-state index in [2.05, 4.69) is 29.4 Å². The van der Waals surface area contributed by atoms with Crippen molar-refractivity contribution in [2.75, 3.05) is 72.3 Å². The molecular weight excluding hydrogens is 459 g/mol. The Labute approximate surface area is 182 Å². The smallest absolute Gasteiger partial charge is 0.191 e. The van der Waals surface area contributed by atoms with Crippen LogP contribution in [-0.2, 0) is 14.2 Å². The van der Waals surface area contributed by atoms with Gasteiger partial charge in [0.15, 0.2) is 5.96 Å². The molecule has 2 N–H and O–H groups in total. The van der Waals surface area contributed by atoms with Gasteiger partial charge in [0.05, 0.1) is 25.9 Å². The molecule has 2 unspecified atom stereocenters. The van der Waals surface area contributed by atoms with E-state index < -0.39 is 0 Å². The zero-order chi connectivity index (χ0) is 18.5. The number of rotatable bonds is 11. The summed E-state index contributed by atoms with van der Waals surface area (Å²) in [7, 11) is 0. The quantitative estimate of drug-likeness (QED) is 0.196. The molecule has 0 aromatic rings. The SMILES string of the molecule is CCNC(=NCC(C)CN1CCOCC1)NCCCOCC1CCCO1.I. The average molecular weight is 498 g/mol. The fourth-order valence-electron chi connectivity index (χ4n) is 3.24. The number of nitrogens with zero attached hydrogens (tertiary/aromatic N) is 2. The lowest BCUT2D eigenvalue weighted by atomic mass is 10.1. The number of halogens is 1. The van der Waals surface area contributed by atoms with Crippen LogP contribution in [0.1, 0.15) is 33.1 Å². The highest BCUT2D eigenvalue weighted by Gasteiger charge is 2.15. The topological polar surface area (TPSA) is 67.4 Å². The lowest BCUT2D eigenvalue weighted by Gasteiger charge is -2.28. The number of hydrogen-bond acceptors (Lipinski definition) is 5. The summed E-state index contributed by atoms with van der Waals surface area (Å²) in [5.41, 5.74) is 0. The molecule has 2 heterocycles. The zero-order valence-electron chi connectivity index (χ0n) is 17.1. The number of guanidine groups is 1. The second-order valence-corrected chi connectivity index (χ2v) is 7.23. The summed E-state index contributed by atoms with van der Waals surface area (Å²) < 4.78 is 16.7. The second kappa shape index (κ2) is 15.7. The predicted octanol–water partition coefficient (Wildman–Crippen LogP) is 1.71. The minimum Gasteiger partial charge on any atom is -0.379 e. The summed E-state index contributed by atoms with van der Waals surface area (Å²) in [6.45, 7) is 14.2. The molecule has 2 saturated heterocycles. The fourth-order valence-corrected chi connectivity index (χ4v) is 3.24. The molecule has 0 aromatic carbocycles. The van der Waals surface area contributed by atoms with Gasteiger partial charge < -0.3 is 24.8 Å². The van der Waals surface area contributed by atoms with Gasteiger partial charge in [0.25, 0.3) is 0 Å². The van der Waals surface area contributed by atoms with Crippen LogP contribution in [-0.4, -0.2) is 89.3 Å². The van der Waals surface area contributed by atoms with Crippen molar-refractivity contribution in [3.8, 4) is 0 Å². The summed E-state index contributed by atoms with van der Waals surface area (Å²) in [4.78, 5) is 7.20. The first kappa shape index (κ1) is 24.9. The van der Waals surface area contributed by atoms with Crippen LogP contribution in [0.15, 0.2) is 4.99 Å². The molecule has 2 aliphatic heterocycles. The summed E-state index contributed by atoms with van der Waals surface area (Å²) >= 11 is 0. The van der Waals surface area contributed by atoms with Crippen LogP contribution in [0, 0.1) is 5.92 Å². The van der Waals surface area contributed by atoms with E-state index in [1.54, 1.807) is 0 Å². The van der Waals surface area contributed by atoms with E-state index in [0.29, 0.717) is 12.0 Å². The Kier molecular flexibility index (Phi) is 14.5. The molecule has 2 fully saturated rings. The Bertz CT molecular complexity index is 389. The summed E-state index contributed by atoms with van der Waals surface area (Å²) in [5, 5.41) is 6.72. The van der Waals surface area contributed by atoms with E-state index in [9.17, 15) is 0 Å². The standard InChI is InChI=1S/C19H38N4O3.HI/c1-3-20-19(21-7-5-10-25-16-18-6-4-11-26-18)22-14-17(2)15-23-8-12-24-13-9-23;/h17-18H,3-16H2,1-2H3,(H2,20,21,22);1H. The van der Waals surface area contributed by atoms with Gasteiger partial charge in [0, 0.05) is 52.5 Å². The van der Waals surface area contributed by atoms with Gasteiger partial charge in [-0.05, 0) is 32.1 Å². The molecule has 160 valence electrons. The number of aliphatic imine (C=N–C) groups is 1. The molecule has 0 aliphatic carbocycles. The predicted molar refractivity (Wildman–Crippen MR) is 120 cm³/mol. The molecule has 8 heteroatoms. The van der Waals surface area contributed by atoms with Gasteiger partial charge in [-0.15, -0.1) is 24.0 Å². The molecule has 2 aliphatic rings. The van der Waals surface area contributed by atoms with E-state index in [1.807, 2.05) is 0 Å². The van der Waals surface area contributed by atoms with Gasteiger partial charge in [-0.2, -0.15) is 0 Å². The lowest BCUT2D eigenvalue weighted by Crippen LogP contribution is -2.40. The van der Waals surface area contributed by atoms with Crippen molar-refractivity contribution in [1.29, 1.82) is 0 Å². The van der Waals surface area contributed by atoms with Crippen LogP contribution < -0.4 is 10.6 Å². The second-order valence-electron chi connectivity index (χ2n) is 7.23. The van der Waals surface area contributed by atoms with Crippen LogP contribution >= 0.6 is 24.0 Å². The molecule has 0 spiro atoms. The van der Waals surface area contributed by atoms with Crippen molar-refractivity contribution < 1.29 is 14.2 Å². The Morgan fingerprint density at radius 3 is 2.78 bits per heavy atom. The molecule has 0 saturated carbocycles. The van der Waals surface area contributed by atoms with Crippen LogP contribution in [0.2, 0.25) is 0 Å². The van der Waals surface area contributed by atoms with E-state index >= 15 is 0 Å². The van der Waals surface area contributed by atoms with Gasteiger partial charge in [0.1, 0.15) is 0 Å². The van der Waals surface area contributed by atoms with Gasteiger partial charge in [-0.1, -0.05) is 6.92 Å². The van der Waals surface area contributed by atoms with Crippen LogP contribution in [0.25, 0.3) is 0 Å². The molecule has 0 amide bonds. The molecule has 0 radical (unpaired) electrons. The van der Waals surface area contributed by atoms with Gasteiger partial charge in [-0.3, -0.25) is 9.89 Å². The van der Waals surface area contributed by atoms with E-state index in [4.69, 9.17) is 19.2 Å². The lowest BCUT2D eigenvalue weighted by molar-refractivity contribution is 0.0168. The van der Waals surface area contributed by atoms with Crippen molar-refractivity contribution in [3.05, 3.63) is 0 Å². The first-order valence-corrected chi connectivity index (χ1v) is 10.3. The minimum atomic E-state index is 0. The van der Waals surface area contributed by atoms with Crippen LogP contribution in [0.5, 0.6) is 0 Å². The maximum Gasteiger partial charge on any atom is 0.191 e. The van der Waals surface area contributed by atoms with Crippen LogP contribution in [0.3, 0.4) is 0 Å². The Hall–Kier alpha value is -0.160.